The molecule has 2 N–H and O–H groups in total. The Kier molecular flexibility index (Phi) is 7.67. The highest BCUT2D eigenvalue weighted by molar-refractivity contribution is 7.11. The molecule has 0 fully saturated rings. The Morgan fingerprint density at radius 1 is 1.38 bits per heavy atom. The highest BCUT2D eigenvalue weighted by Crippen LogP contribution is 2.16. The molecule has 0 spiro atoms. The molecule has 0 saturated heterocycles. The molecular weight excluding hydrogens is 282 g/mol. The van der Waals surface area contributed by atoms with Gasteiger partial charge in [0.25, 0.3) is 0 Å². The Morgan fingerprint density at radius 2 is 2.10 bits per heavy atom. The van der Waals surface area contributed by atoms with E-state index in [9.17, 15) is 0 Å². The van der Waals surface area contributed by atoms with Crippen LogP contribution >= 0.6 is 11.3 Å². The number of thiazole rings is 1. The minimum absolute atomic E-state index is 0.615. The van der Waals surface area contributed by atoms with Gasteiger partial charge >= 0.3 is 0 Å². The fraction of sp³-hybridized carbons (Fsp3) is 0.733. The molecule has 0 radical (unpaired) electrons. The van der Waals surface area contributed by atoms with E-state index in [1.165, 1.54) is 11.3 Å². The van der Waals surface area contributed by atoms with Crippen molar-refractivity contribution < 1.29 is 0 Å². The second-order valence-corrected chi connectivity index (χ2v) is 6.62. The van der Waals surface area contributed by atoms with Crippen LogP contribution < -0.4 is 10.6 Å². The van der Waals surface area contributed by atoms with E-state index in [1.807, 2.05) is 6.92 Å². The number of nitrogens with one attached hydrogen (secondary N) is 2. The largest absolute Gasteiger partial charge is 0.355 e. The van der Waals surface area contributed by atoms with E-state index in [0.717, 1.165) is 36.3 Å². The molecule has 1 rings (SSSR count). The van der Waals surface area contributed by atoms with E-state index in [-0.39, 0.29) is 0 Å². The third kappa shape index (κ3) is 6.01. The average Bonchev–Trinajstić information content (AvgIpc) is 2.79. The summed E-state index contributed by atoms with van der Waals surface area (Å²) in [5.41, 5.74) is 1.11. The number of guanidine groups is 1. The zero-order valence-electron chi connectivity index (χ0n) is 14.2. The summed E-state index contributed by atoms with van der Waals surface area (Å²) in [6.07, 6.45) is 1.17. The number of hydrogen-bond donors (Lipinski definition) is 2. The average molecular weight is 311 g/mol. The van der Waals surface area contributed by atoms with Gasteiger partial charge in [-0.15, -0.1) is 11.3 Å². The van der Waals surface area contributed by atoms with Crippen molar-refractivity contribution in [1.29, 1.82) is 0 Å². The third-order valence-corrected chi connectivity index (χ3v) is 4.81. The number of aromatic nitrogens is 1. The first-order chi connectivity index (χ1) is 9.97. The molecule has 0 amide bonds. The number of aryl methyl sites for hydroxylation is 2. The molecule has 120 valence electrons. The summed E-state index contributed by atoms with van der Waals surface area (Å²) >= 11 is 1.74. The molecule has 1 aromatic heterocycles. The maximum atomic E-state index is 4.44. The molecule has 1 heterocycles. The molecule has 0 bridgehead atoms. The van der Waals surface area contributed by atoms with Crippen LogP contribution in [-0.4, -0.2) is 49.1 Å². The molecule has 0 saturated carbocycles. The van der Waals surface area contributed by atoms with Crippen molar-refractivity contribution in [3.63, 3.8) is 0 Å². The van der Waals surface area contributed by atoms with E-state index in [0.29, 0.717) is 6.04 Å². The van der Waals surface area contributed by atoms with Crippen LogP contribution in [0.15, 0.2) is 4.99 Å². The van der Waals surface area contributed by atoms with Crippen molar-refractivity contribution in [1.82, 2.24) is 20.5 Å². The van der Waals surface area contributed by atoms with Gasteiger partial charge < -0.3 is 15.5 Å². The minimum Gasteiger partial charge on any atom is -0.355 e. The van der Waals surface area contributed by atoms with Gasteiger partial charge in [0.2, 0.25) is 0 Å². The highest BCUT2D eigenvalue weighted by atomic mass is 32.1. The van der Waals surface area contributed by atoms with Gasteiger partial charge in [-0.2, -0.15) is 0 Å². The van der Waals surface area contributed by atoms with Crippen LogP contribution in [0.1, 0.15) is 35.8 Å². The molecule has 0 aromatic carbocycles. The van der Waals surface area contributed by atoms with Gasteiger partial charge in [0.05, 0.1) is 17.2 Å². The second-order valence-electron chi connectivity index (χ2n) is 5.33. The molecule has 5 nitrogen and oxygen atoms in total. The summed E-state index contributed by atoms with van der Waals surface area (Å²) in [6, 6.07) is 0.615. The van der Waals surface area contributed by atoms with Gasteiger partial charge in [0.1, 0.15) is 0 Å². The number of aliphatic imine (C=N–C) groups is 1. The molecule has 1 aromatic rings. The fourth-order valence-electron chi connectivity index (χ4n) is 2.00. The molecule has 0 aliphatic heterocycles. The normalized spacial score (nSPS) is 13.6. The van der Waals surface area contributed by atoms with Crippen molar-refractivity contribution >= 4 is 17.3 Å². The predicted octanol–water partition coefficient (Wildman–Crippen LogP) is 2.16. The van der Waals surface area contributed by atoms with Crippen molar-refractivity contribution in [2.24, 2.45) is 4.99 Å². The highest BCUT2D eigenvalue weighted by Gasteiger charge is 2.07. The lowest BCUT2D eigenvalue weighted by Crippen LogP contribution is -2.42. The summed E-state index contributed by atoms with van der Waals surface area (Å²) in [7, 11) is 3.97. The number of rotatable bonds is 7. The molecular formula is C15H29N5S. The van der Waals surface area contributed by atoms with E-state index in [1.54, 1.807) is 18.4 Å². The Balaban J connectivity index is 2.34. The summed E-state index contributed by atoms with van der Waals surface area (Å²) in [6.45, 7) is 11.2. The Morgan fingerprint density at radius 3 is 2.62 bits per heavy atom. The van der Waals surface area contributed by atoms with Crippen molar-refractivity contribution in [3.05, 3.63) is 15.6 Å². The smallest absolute Gasteiger partial charge is 0.191 e. The van der Waals surface area contributed by atoms with E-state index < -0.39 is 0 Å². The van der Waals surface area contributed by atoms with E-state index in [4.69, 9.17) is 0 Å². The maximum absolute atomic E-state index is 4.44. The monoisotopic (exact) mass is 311 g/mol. The lowest BCUT2D eigenvalue weighted by molar-refractivity contribution is 0.255. The predicted molar refractivity (Wildman–Crippen MR) is 92.2 cm³/mol. The number of hydrogen-bond acceptors (Lipinski definition) is 4. The Hall–Kier alpha value is -1.14. The van der Waals surface area contributed by atoms with Gasteiger partial charge in [-0.1, -0.05) is 6.92 Å². The van der Waals surface area contributed by atoms with Crippen LogP contribution in [0.5, 0.6) is 0 Å². The quantitative estimate of drug-likeness (QED) is 0.598. The standard InChI is InChI=1S/C15H29N5S/c1-7-11(2)20(6)9-8-17-15(16-5)18-10-14-12(3)19-13(4)21-14/h11H,7-10H2,1-6H3,(H2,16,17,18). The topological polar surface area (TPSA) is 52.5 Å². The van der Waals surface area contributed by atoms with Crippen LogP contribution in [-0.2, 0) is 6.54 Å². The zero-order chi connectivity index (χ0) is 15.8. The van der Waals surface area contributed by atoms with Crippen LogP contribution in [0.4, 0.5) is 0 Å². The second kappa shape index (κ2) is 9.00. The molecule has 1 atom stereocenters. The SMILES string of the molecule is CCC(C)N(C)CCNC(=NC)NCc1sc(C)nc1C. The van der Waals surface area contributed by atoms with Gasteiger partial charge in [-0.25, -0.2) is 4.98 Å². The maximum Gasteiger partial charge on any atom is 0.191 e. The summed E-state index contributed by atoms with van der Waals surface area (Å²) in [5, 5.41) is 7.82. The lowest BCUT2D eigenvalue weighted by Gasteiger charge is -2.23. The van der Waals surface area contributed by atoms with Gasteiger partial charge in [-0.05, 0) is 34.2 Å². The van der Waals surface area contributed by atoms with Crippen LogP contribution in [0.3, 0.4) is 0 Å². The van der Waals surface area contributed by atoms with Crippen molar-refractivity contribution in [2.75, 3.05) is 27.2 Å². The first-order valence-electron chi connectivity index (χ1n) is 7.55. The van der Waals surface area contributed by atoms with Gasteiger partial charge in [0, 0.05) is 31.1 Å². The summed E-state index contributed by atoms with van der Waals surface area (Å²) < 4.78 is 0. The van der Waals surface area contributed by atoms with Crippen LogP contribution in [0.2, 0.25) is 0 Å². The zero-order valence-corrected chi connectivity index (χ0v) is 15.0. The number of nitrogens with zero attached hydrogens (tertiary/aromatic N) is 3. The Bertz CT molecular complexity index is 455. The summed E-state index contributed by atoms with van der Waals surface area (Å²) in [4.78, 5) is 12.3. The first kappa shape index (κ1) is 17.9. The Labute approximate surface area is 132 Å². The van der Waals surface area contributed by atoms with E-state index in [2.05, 4.69) is 53.3 Å². The van der Waals surface area contributed by atoms with Crippen LogP contribution in [0, 0.1) is 13.8 Å². The minimum atomic E-state index is 0.615. The first-order valence-corrected chi connectivity index (χ1v) is 8.37. The summed E-state index contributed by atoms with van der Waals surface area (Å²) in [5.74, 6) is 0.845. The lowest BCUT2D eigenvalue weighted by atomic mass is 10.2. The van der Waals surface area contributed by atoms with Gasteiger partial charge in [-0.3, -0.25) is 4.99 Å². The van der Waals surface area contributed by atoms with Gasteiger partial charge in [0.15, 0.2) is 5.96 Å². The molecule has 21 heavy (non-hydrogen) atoms. The van der Waals surface area contributed by atoms with Crippen molar-refractivity contribution in [2.45, 2.75) is 46.7 Å². The molecule has 0 aliphatic rings. The third-order valence-electron chi connectivity index (χ3n) is 3.74. The van der Waals surface area contributed by atoms with Crippen molar-refractivity contribution in [3.8, 4) is 0 Å². The molecule has 6 heteroatoms. The number of likely N-dealkylation sites (N-methyl/N-ethyl adjacent to an activating group) is 1. The van der Waals surface area contributed by atoms with E-state index >= 15 is 0 Å². The van der Waals surface area contributed by atoms with Crippen LogP contribution in [0.25, 0.3) is 0 Å². The molecule has 0 aliphatic carbocycles. The molecule has 1 unspecified atom stereocenters. The fourth-order valence-corrected chi connectivity index (χ4v) is 2.88.